The molecule has 132 valence electrons. The maximum atomic E-state index is 4.84. The largest absolute Gasteiger partial charge is 0.334 e. The Labute approximate surface area is 148 Å². The predicted molar refractivity (Wildman–Crippen MR) is 97.2 cm³/mol. The van der Waals surface area contributed by atoms with E-state index in [1.54, 1.807) is 0 Å². The van der Waals surface area contributed by atoms with Crippen molar-refractivity contribution in [2.75, 3.05) is 6.54 Å². The summed E-state index contributed by atoms with van der Waals surface area (Å²) in [5.74, 6) is 1.96. The summed E-state index contributed by atoms with van der Waals surface area (Å²) >= 11 is 0. The second-order valence-corrected chi connectivity index (χ2v) is 6.94. The summed E-state index contributed by atoms with van der Waals surface area (Å²) in [6.07, 6.45) is 12.6. The number of aryl methyl sites for hydroxylation is 2. The molecule has 1 aliphatic rings. The maximum Gasteiger partial charge on any atom is 0.234 e. The molecule has 0 radical (unpaired) electrons. The van der Waals surface area contributed by atoms with Crippen LogP contribution in [-0.4, -0.2) is 35.4 Å². The Kier molecular flexibility index (Phi) is 4.53. The zero-order chi connectivity index (χ0) is 17.2. The van der Waals surface area contributed by atoms with Gasteiger partial charge in [-0.2, -0.15) is 0 Å². The van der Waals surface area contributed by atoms with Crippen molar-refractivity contribution in [3.05, 3.63) is 48.1 Å². The monoisotopic (exact) mass is 338 g/mol. The summed E-state index contributed by atoms with van der Waals surface area (Å²) in [6, 6.07) is 2.57. The van der Waals surface area contributed by atoms with Gasteiger partial charge in [0.25, 0.3) is 0 Å². The molecule has 0 spiro atoms. The van der Waals surface area contributed by atoms with Gasteiger partial charge < -0.3 is 4.57 Å². The highest BCUT2D eigenvalue weighted by atomic mass is 15.2. The first kappa shape index (κ1) is 16.3. The number of fused-ring (bicyclic) bond motifs is 1. The Morgan fingerprint density at radius 1 is 1.16 bits per heavy atom. The number of hydrogen-bond donors (Lipinski definition) is 0. The number of hydrogen-bond acceptors (Lipinski definition) is 4. The molecule has 6 nitrogen and oxygen atoms in total. The van der Waals surface area contributed by atoms with E-state index in [1.165, 1.54) is 18.5 Å². The predicted octanol–water partition coefficient (Wildman–Crippen LogP) is 3.37. The van der Waals surface area contributed by atoms with Crippen LogP contribution in [0.2, 0.25) is 0 Å². The molecular weight excluding hydrogens is 312 g/mol. The molecule has 0 bridgehead atoms. The average molecular weight is 338 g/mol. The number of nitrogens with zero attached hydrogens (tertiary/aromatic N) is 6. The lowest BCUT2D eigenvalue weighted by molar-refractivity contribution is 0.132. The fourth-order valence-corrected chi connectivity index (χ4v) is 3.89. The molecule has 0 saturated carbocycles. The molecule has 3 aromatic heterocycles. The SMILES string of the molecule is CCCn1ccnc1CN1CCCCC1c1cc(C)n2ccnc2n1. The molecule has 0 N–H and O–H groups in total. The Balaban J connectivity index is 1.62. The van der Waals surface area contributed by atoms with E-state index in [2.05, 4.69) is 45.5 Å². The summed E-state index contributed by atoms with van der Waals surface area (Å²) < 4.78 is 4.33. The molecule has 1 unspecified atom stereocenters. The molecule has 4 rings (SSSR count). The van der Waals surface area contributed by atoms with Crippen molar-refractivity contribution in [2.24, 2.45) is 0 Å². The fourth-order valence-electron chi connectivity index (χ4n) is 3.89. The molecule has 0 amide bonds. The van der Waals surface area contributed by atoms with Gasteiger partial charge in [-0.3, -0.25) is 9.30 Å². The molecule has 0 aliphatic carbocycles. The number of piperidine rings is 1. The van der Waals surface area contributed by atoms with Crippen molar-refractivity contribution in [3.8, 4) is 0 Å². The van der Waals surface area contributed by atoms with Crippen molar-refractivity contribution >= 4 is 5.78 Å². The summed E-state index contributed by atoms with van der Waals surface area (Å²) in [7, 11) is 0. The van der Waals surface area contributed by atoms with Crippen molar-refractivity contribution in [1.82, 2.24) is 28.8 Å². The van der Waals surface area contributed by atoms with Gasteiger partial charge in [-0.1, -0.05) is 13.3 Å². The van der Waals surface area contributed by atoms with Crippen molar-refractivity contribution in [1.29, 1.82) is 0 Å². The minimum atomic E-state index is 0.348. The van der Waals surface area contributed by atoms with E-state index in [0.717, 1.165) is 49.8 Å². The highest BCUT2D eigenvalue weighted by Crippen LogP contribution is 2.31. The second kappa shape index (κ2) is 6.96. The van der Waals surface area contributed by atoms with Gasteiger partial charge in [0.1, 0.15) is 5.82 Å². The molecule has 25 heavy (non-hydrogen) atoms. The highest BCUT2D eigenvalue weighted by Gasteiger charge is 2.27. The van der Waals surface area contributed by atoms with Crippen LogP contribution in [-0.2, 0) is 13.1 Å². The first-order valence-electron chi connectivity index (χ1n) is 9.31. The summed E-state index contributed by atoms with van der Waals surface area (Å²) in [6.45, 7) is 7.36. The summed E-state index contributed by atoms with van der Waals surface area (Å²) in [5.41, 5.74) is 2.33. The lowest BCUT2D eigenvalue weighted by Crippen LogP contribution is -2.34. The molecule has 1 saturated heterocycles. The van der Waals surface area contributed by atoms with E-state index >= 15 is 0 Å². The van der Waals surface area contributed by atoms with Gasteiger partial charge in [0.05, 0.1) is 18.3 Å². The first-order chi connectivity index (χ1) is 12.3. The van der Waals surface area contributed by atoms with Gasteiger partial charge >= 0.3 is 0 Å². The zero-order valence-corrected chi connectivity index (χ0v) is 15.1. The van der Waals surface area contributed by atoms with E-state index in [-0.39, 0.29) is 0 Å². The molecular formula is C19H26N6. The normalized spacial score (nSPS) is 18.9. The van der Waals surface area contributed by atoms with Gasteiger partial charge in [0, 0.05) is 37.0 Å². The molecule has 4 heterocycles. The van der Waals surface area contributed by atoms with Crippen molar-refractivity contribution < 1.29 is 0 Å². The van der Waals surface area contributed by atoms with E-state index in [4.69, 9.17) is 4.98 Å². The number of likely N-dealkylation sites (tertiary alicyclic amines) is 1. The van der Waals surface area contributed by atoms with Gasteiger partial charge in [-0.05, 0) is 38.8 Å². The third-order valence-electron chi connectivity index (χ3n) is 5.15. The van der Waals surface area contributed by atoms with E-state index in [0.29, 0.717) is 6.04 Å². The topological polar surface area (TPSA) is 51.2 Å². The zero-order valence-electron chi connectivity index (χ0n) is 15.1. The van der Waals surface area contributed by atoms with E-state index in [1.807, 2.05) is 23.0 Å². The Hall–Kier alpha value is -2.21. The Morgan fingerprint density at radius 3 is 2.92 bits per heavy atom. The van der Waals surface area contributed by atoms with Crippen molar-refractivity contribution in [2.45, 2.75) is 58.7 Å². The molecule has 6 heteroatoms. The van der Waals surface area contributed by atoms with Gasteiger partial charge in [0.2, 0.25) is 5.78 Å². The van der Waals surface area contributed by atoms with Crippen LogP contribution < -0.4 is 0 Å². The lowest BCUT2D eigenvalue weighted by atomic mass is 9.98. The maximum absolute atomic E-state index is 4.84. The first-order valence-corrected chi connectivity index (χ1v) is 9.31. The summed E-state index contributed by atoms with van der Waals surface area (Å²) in [4.78, 5) is 16.4. The fraction of sp³-hybridized carbons (Fsp3) is 0.526. The third kappa shape index (κ3) is 3.18. The van der Waals surface area contributed by atoms with Crippen LogP contribution >= 0.6 is 0 Å². The second-order valence-electron chi connectivity index (χ2n) is 6.94. The van der Waals surface area contributed by atoms with Crippen LogP contribution in [0, 0.1) is 6.92 Å². The van der Waals surface area contributed by atoms with Crippen LogP contribution in [0.25, 0.3) is 5.78 Å². The van der Waals surface area contributed by atoms with Gasteiger partial charge in [-0.15, -0.1) is 0 Å². The van der Waals surface area contributed by atoms with E-state index < -0.39 is 0 Å². The van der Waals surface area contributed by atoms with Crippen LogP contribution in [0.15, 0.2) is 30.9 Å². The molecule has 1 aliphatic heterocycles. The molecule has 0 aromatic carbocycles. The van der Waals surface area contributed by atoms with Crippen molar-refractivity contribution in [3.63, 3.8) is 0 Å². The van der Waals surface area contributed by atoms with Gasteiger partial charge in [-0.25, -0.2) is 15.0 Å². The third-order valence-corrected chi connectivity index (χ3v) is 5.15. The Bertz CT molecular complexity index is 849. The van der Waals surface area contributed by atoms with E-state index in [9.17, 15) is 0 Å². The number of rotatable bonds is 5. The van der Waals surface area contributed by atoms with Crippen LogP contribution in [0.1, 0.15) is 55.9 Å². The standard InChI is InChI=1S/C19H26N6/c1-3-9-23-11-7-20-18(23)14-24-10-5-4-6-17(24)16-13-15(2)25-12-8-21-19(25)22-16/h7-8,11-13,17H,3-6,9-10,14H2,1-2H3. The highest BCUT2D eigenvalue weighted by molar-refractivity contribution is 5.33. The van der Waals surface area contributed by atoms with Crippen LogP contribution in [0.5, 0.6) is 0 Å². The molecule has 1 atom stereocenters. The van der Waals surface area contributed by atoms with Crippen LogP contribution in [0.3, 0.4) is 0 Å². The molecule has 1 fully saturated rings. The average Bonchev–Trinajstić information content (AvgIpc) is 3.26. The Morgan fingerprint density at radius 2 is 2.04 bits per heavy atom. The lowest BCUT2D eigenvalue weighted by Gasteiger charge is -2.35. The van der Waals surface area contributed by atoms with Gasteiger partial charge in [0.15, 0.2) is 0 Å². The van der Waals surface area contributed by atoms with Crippen LogP contribution in [0.4, 0.5) is 0 Å². The number of imidazole rings is 2. The summed E-state index contributed by atoms with van der Waals surface area (Å²) in [5, 5.41) is 0. The number of aromatic nitrogens is 5. The smallest absolute Gasteiger partial charge is 0.234 e. The minimum Gasteiger partial charge on any atom is -0.334 e. The minimum absolute atomic E-state index is 0.348. The molecule has 3 aromatic rings. The quantitative estimate of drug-likeness (QED) is 0.716.